The molecule has 0 aromatic carbocycles. The number of rotatable bonds is 15. The third kappa shape index (κ3) is 34.0. The molecule has 0 aromatic heterocycles. The fraction of sp³-hybridized carbons (Fsp3) is 0.826. The first-order chi connectivity index (χ1) is 10.8. The number of unbranched alkanes of at least 4 members (excludes halogenated alkanes) is 12. The second-order valence-corrected chi connectivity index (χ2v) is 6.31. The molecular weight excluding hydrogens is 276 g/mol. The van der Waals surface area contributed by atoms with E-state index in [2.05, 4.69) is 39.5 Å². The van der Waals surface area contributed by atoms with Gasteiger partial charge in [0.25, 0.3) is 0 Å². The molecule has 0 aliphatic carbocycles. The van der Waals surface area contributed by atoms with Crippen LogP contribution in [0.25, 0.3) is 0 Å². The lowest BCUT2D eigenvalue weighted by Gasteiger charge is -1.95. The Morgan fingerprint density at radius 3 is 1.17 bits per heavy atom. The van der Waals surface area contributed by atoms with Crippen molar-refractivity contribution in [1.82, 2.24) is 0 Å². The molecule has 23 heavy (non-hydrogen) atoms. The molecule has 0 N–H and O–H groups in total. The van der Waals surface area contributed by atoms with Crippen molar-refractivity contribution in [3.8, 4) is 0 Å². The van der Waals surface area contributed by atoms with Crippen LogP contribution < -0.4 is 0 Å². The van der Waals surface area contributed by atoms with Crippen LogP contribution in [0.15, 0.2) is 24.8 Å². The van der Waals surface area contributed by atoms with Crippen LogP contribution in [0.4, 0.5) is 0 Å². The van der Waals surface area contributed by atoms with E-state index in [4.69, 9.17) is 0 Å². The third-order valence-electron chi connectivity index (χ3n) is 3.88. The Morgan fingerprint density at radius 2 is 0.870 bits per heavy atom. The van der Waals surface area contributed by atoms with Gasteiger partial charge in [-0.3, -0.25) is 0 Å². The van der Waals surface area contributed by atoms with E-state index in [0.717, 1.165) is 0 Å². The number of allylic oxidation sites excluding steroid dienone is 3. The highest BCUT2D eigenvalue weighted by molar-refractivity contribution is 4.81. The topological polar surface area (TPSA) is 0 Å². The van der Waals surface area contributed by atoms with E-state index in [1.807, 2.05) is 6.08 Å². The van der Waals surface area contributed by atoms with Gasteiger partial charge in [-0.05, 0) is 38.5 Å². The van der Waals surface area contributed by atoms with Crippen LogP contribution in [0.1, 0.15) is 125 Å². The van der Waals surface area contributed by atoms with Gasteiger partial charge < -0.3 is 0 Å². The van der Waals surface area contributed by atoms with Crippen LogP contribution in [-0.2, 0) is 0 Å². The van der Waals surface area contributed by atoms with E-state index in [9.17, 15) is 0 Å². The van der Waals surface area contributed by atoms with E-state index in [1.165, 1.54) is 96.3 Å². The quantitative estimate of drug-likeness (QED) is 0.208. The molecule has 0 bridgehead atoms. The van der Waals surface area contributed by atoms with Crippen LogP contribution in [0.5, 0.6) is 0 Å². The van der Waals surface area contributed by atoms with Gasteiger partial charge in [0, 0.05) is 0 Å². The molecule has 0 unspecified atom stereocenters. The lowest BCUT2D eigenvalue weighted by molar-refractivity contribution is 0.665. The average Bonchev–Trinajstić information content (AvgIpc) is 2.54. The van der Waals surface area contributed by atoms with Gasteiger partial charge >= 0.3 is 0 Å². The van der Waals surface area contributed by atoms with Crippen LogP contribution in [-0.4, -0.2) is 0 Å². The van der Waals surface area contributed by atoms with Gasteiger partial charge in [-0.1, -0.05) is 104 Å². The molecule has 0 heterocycles. The van der Waals surface area contributed by atoms with Gasteiger partial charge in [0.2, 0.25) is 0 Å². The summed E-state index contributed by atoms with van der Waals surface area (Å²) in [5, 5.41) is 0. The predicted octanol–water partition coefficient (Wildman–Crippen LogP) is 9.26. The van der Waals surface area contributed by atoms with Crippen LogP contribution in [0, 0.1) is 0 Å². The minimum atomic E-state index is 0. The summed E-state index contributed by atoms with van der Waals surface area (Å²) in [7, 11) is 0. The van der Waals surface area contributed by atoms with E-state index < -0.39 is 0 Å². The standard InChI is InChI=1S/C14H28.C8H16.CH4/c1-3-5-7-9-11-13-14-12-10-8-6-4-2;1-3-5-7-8-6-4-2;/h13-14H,3-12H2,1-2H3;3H,1,4-8H2,2H3;1H4. The summed E-state index contributed by atoms with van der Waals surface area (Å²) < 4.78 is 0. The molecule has 0 amide bonds. The molecule has 0 atom stereocenters. The molecule has 0 aliphatic heterocycles. The Morgan fingerprint density at radius 1 is 0.522 bits per heavy atom. The minimum absolute atomic E-state index is 0. The highest BCUT2D eigenvalue weighted by Crippen LogP contribution is 2.06. The Balaban J connectivity index is -0.000000382. The van der Waals surface area contributed by atoms with Crippen molar-refractivity contribution in [2.45, 2.75) is 125 Å². The lowest BCUT2D eigenvalue weighted by atomic mass is 10.1. The van der Waals surface area contributed by atoms with Gasteiger partial charge in [-0.2, -0.15) is 0 Å². The van der Waals surface area contributed by atoms with E-state index >= 15 is 0 Å². The second-order valence-electron chi connectivity index (χ2n) is 6.31. The lowest BCUT2D eigenvalue weighted by Crippen LogP contribution is -1.75. The predicted molar refractivity (Wildman–Crippen MR) is 112 cm³/mol. The maximum absolute atomic E-state index is 3.66. The molecule has 0 aliphatic rings. The number of hydrogen-bond donors (Lipinski definition) is 0. The summed E-state index contributed by atoms with van der Waals surface area (Å²) in [6.07, 6.45) is 27.1. The summed E-state index contributed by atoms with van der Waals surface area (Å²) in [5.74, 6) is 0. The van der Waals surface area contributed by atoms with Gasteiger partial charge in [0.05, 0.1) is 0 Å². The van der Waals surface area contributed by atoms with Gasteiger partial charge in [0.1, 0.15) is 0 Å². The molecule has 0 nitrogen and oxygen atoms in total. The first-order valence-electron chi connectivity index (χ1n) is 10.1. The normalized spacial score (nSPS) is 10.0. The average molecular weight is 325 g/mol. The summed E-state index contributed by atoms with van der Waals surface area (Å²) in [4.78, 5) is 0. The molecule has 0 aromatic rings. The van der Waals surface area contributed by atoms with Crippen molar-refractivity contribution in [2.75, 3.05) is 0 Å². The van der Waals surface area contributed by atoms with Crippen molar-refractivity contribution >= 4 is 0 Å². The van der Waals surface area contributed by atoms with Crippen LogP contribution in [0.3, 0.4) is 0 Å². The SMILES string of the molecule is C.C=CCCCCCC.CCCCCCC=CCCCCCC. The Kier molecular flexibility index (Phi) is 35.0. The van der Waals surface area contributed by atoms with E-state index in [1.54, 1.807) is 0 Å². The maximum atomic E-state index is 3.66. The van der Waals surface area contributed by atoms with Gasteiger partial charge in [-0.25, -0.2) is 0 Å². The first-order valence-corrected chi connectivity index (χ1v) is 10.1. The molecular formula is C23H48. The monoisotopic (exact) mass is 324 g/mol. The zero-order valence-electron chi connectivity index (χ0n) is 16.0. The smallest absolute Gasteiger partial charge is 0.0351 e. The molecule has 0 fully saturated rings. The third-order valence-corrected chi connectivity index (χ3v) is 3.88. The summed E-state index contributed by atoms with van der Waals surface area (Å²) in [5.41, 5.74) is 0. The largest absolute Gasteiger partial charge is 0.103 e. The van der Waals surface area contributed by atoms with Gasteiger partial charge in [0.15, 0.2) is 0 Å². The molecule has 0 saturated carbocycles. The molecule has 0 saturated heterocycles. The summed E-state index contributed by atoms with van der Waals surface area (Å²) >= 11 is 0. The second kappa shape index (κ2) is 29.5. The van der Waals surface area contributed by atoms with Crippen molar-refractivity contribution in [3.63, 3.8) is 0 Å². The fourth-order valence-electron chi connectivity index (χ4n) is 2.33. The van der Waals surface area contributed by atoms with Crippen LogP contribution >= 0.6 is 0 Å². The molecule has 0 heteroatoms. The Labute approximate surface area is 149 Å². The number of hydrogen-bond acceptors (Lipinski definition) is 0. The molecule has 0 spiro atoms. The van der Waals surface area contributed by atoms with Crippen molar-refractivity contribution in [1.29, 1.82) is 0 Å². The highest BCUT2D eigenvalue weighted by atomic mass is 13.9. The highest BCUT2D eigenvalue weighted by Gasteiger charge is 1.86. The first kappa shape index (κ1) is 27.3. The van der Waals surface area contributed by atoms with Crippen molar-refractivity contribution in [2.24, 2.45) is 0 Å². The van der Waals surface area contributed by atoms with Gasteiger partial charge in [-0.15, -0.1) is 6.58 Å². The Bertz CT molecular complexity index is 188. The molecule has 140 valence electrons. The molecule has 0 radical (unpaired) electrons. The maximum Gasteiger partial charge on any atom is -0.0351 e. The molecule has 0 rings (SSSR count). The zero-order chi connectivity index (χ0) is 16.7. The van der Waals surface area contributed by atoms with E-state index in [0.29, 0.717) is 0 Å². The van der Waals surface area contributed by atoms with Crippen molar-refractivity contribution < 1.29 is 0 Å². The Hall–Kier alpha value is -0.520. The van der Waals surface area contributed by atoms with E-state index in [-0.39, 0.29) is 7.43 Å². The summed E-state index contributed by atoms with van der Waals surface area (Å²) in [6.45, 7) is 10.4. The zero-order valence-corrected chi connectivity index (χ0v) is 16.0. The van der Waals surface area contributed by atoms with Crippen molar-refractivity contribution in [3.05, 3.63) is 24.8 Å². The minimum Gasteiger partial charge on any atom is -0.103 e. The summed E-state index contributed by atoms with van der Waals surface area (Å²) in [6, 6.07) is 0. The van der Waals surface area contributed by atoms with Crippen LogP contribution in [0.2, 0.25) is 0 Å². The fourth-order valence-corrected chi connectivity index (χ4v) is 2.33.